The molecule has 0 N–H and O–H groups in total. The highest BCUT2D eigenvalue weighted by molar-refractivity contribution is 7.98. The maximum absolute atomic E-state index is 17.3. The predicted molar refractivity (Wildman–Crippen MR) is 149 cm³/mol. The molecule has 0 spiro atoms. The number of carbonyl (C=O) groups excluding carboxylic acids is 3. The van der Waals surface area contributed by atoms with Crippen molar-refractivity contribution in [1.82, 2.24) is 9.97 Å². The van der Waals surface area contributed by atoms with Gasteiger partial charge in [0.25, 0.3) is 5.79 Å². The van der Waals surface area contributed by atoms with Crippen molar-refractivity contribution in [1.29, 1.82) is 0 Å². The number of halogens is 1. The molecule has 5 rings (SSSR count). The molecule has 212 valence electrons. The Morgan fingerprint density at radius 3 is 2.27 bits per heavy atom. The lowest BCUT2D eigenvalue weighted by atomic mass is 9.89. The summed E-state index contributed by atoms with van der Waals surface area (Å²) < 4.78 is 40.4. The summed E-state index contributed by atoms with van der Waals surface area (Å²) in [6.45, 7) is 1.74. The van der Waals surface area contributed by atoms with Gasteiger partial charge in [0.05, 0.1) is 16.6 Å². The van der Waals surface area contributed by atoms with Crippen molar-refractivity contribution in [3.8, 4) is 0 Å². The fourth-order valence-corrected chi connectivity index (χ4v) is 6.47. The second-order valence-corrected chi connectivity index (χ2v) is 11.0. The minimum atomic E-state index is -2.66. The quantitative estimate of drug-likeness (QED) is 0.114. The summed E-state index contributed by atoms with van der Waals surface area (Å²) in [5, 5.41) is 2.96. The Morgan fingerprint density at radius 2 is 1.66 bits per heavy atom. The average molecular weight is 597 g/mol. The summed E-state index contributed by atoms with van der Waals surface area (Å²) in [5.41, 5.74) is -1.90. The van der Waals surface area contributed by atoms with E-state index >= 15 is 4.39 Å². The van der Waals surface area contributed by atoms with Crippen LogP contribution in [0.1, 0.15) is 39.4 Å². The summed E-state index contributed by atoms with van der Waals surface area (Å²) in [6, 6.07) is 16.2. The smallest absolute Gasteiger partial charge is 0.338 e. The fourth-order valence-electron chi connectivity index (χ4n) is 4.69. The van der Waals surface area contributed by atoms with E-state index in [-0.39, 0.29) is 16.0 Å². The molecule has 2 aromatic heterocycles. The standard InChI is InChI=1S/C29H25FN2O7S2/c1-17(33)38-29(24-22-20(15-41-24)25(40-3)32-16-31-22)28(2,30)23(37-27(35)19-12-8-5-9-13-19)21(39-29)14-36-26(34)18-10-6-4-7-11-18/h4-13,15-16,21,23H,14H2,1-3H3/t21-,23-,28-,29+/m1/s1. The van der Waals surface area contributed by atoms with Crippen molar-refractivity contribution in [2.75, 3.05) is 12.9 Å². The number of thioether (sulfide) groups is 1. The maximum Gasteiger partial charge on any atom is 0.338 e. The number of fused-ring (bicyclic) bond motifs is 1. The van der Waals surface area contributed by atoms with Crippen molar-refractivity contribution in [3.05, 3.63) is 88.4 Å². The molecule has 41 heavy (non-hydrogen) atoms. The van der Waals surface area contributed by atoms with E-state index in [1.807, 2.05) is 6.26 Å². The van der Waals surface area contributed by atoms with Crippen molar-refractivity contribution in [2.45, 2.75) is 42.5 Å². The first-order valence-electron chi connectivity index (χ1n) is 12.5. The van der Waals surface area contributed by atoms with Gasteiger partial charge in [-0.3, -0.25) is 4.79 Å². The van der Waals surface area contributed by atoms with Gasteiger partial charge in [0.15, 0.2) is 6.10 Å². The summed E-state index contributed by atoms with van der Waals surface area (Å²) in [7, 11) is 0. The van der Waals surface area contributed by atoms with E-state index in [4.69, 9.17) is 18.9 Å². The molecule has 1 saturated heterocycles. The Labute approximate surface area is 243 Å². The molecule has 1 fully saturated rings. The molecular formula is C29H25FN2O7S2. The van der Waals surface area contributed by atoms with E-state index in [2.05, 4.69) is 9.97 Å². The number of thiophene rings is 1. The molecule has 0 aliphatic carbocycles. The molecule has 1 aliphatic rings. The highest BCUT2D eigenvalue weighted by atomic mass is 32.2. The van der Waals surface area contributed by atoms with E-state index in [0.717, 1.165) is 25.2 Å². The maximum atomic E-state index is 17.3. The number of benzene rings is 2. The Bertz CT molecular complexity index is 1580. The van der Waals surface area contributed by atoms with Gasteiger partial charge in [0.1, 0.15) is 28.9 Å². The highest BCUT2D eigenvalue weighted by Gasteiger charge is 2.71. The molecule has 0 unspecified atom stereocenters. The second kappa shape index (κ2) is 11.6. The monoisotopic (exact) mass is 596 g/mol. The average Bonchev–Trinajstić information content (AvgIpc) is 3.50. The number of carbonyl (C=O) groups is 3. The first-order valence-corrected chi connectivity index (χ1v) is 14.6. The lowest BCUT2D eigenvalue weighted by Crippen LogP contribution is -2.52. The van der Waals surface area contributed by atoms with Crippen molar-refractivity contribution < 1.29 is 37.7 Å². The van der Waals surface area contributed by atoms with Crippen LogP contribution in [0.25, 0.3) is 10.9 Å². The van der Waals surface area contributed by atoms with Crippen LogP contribution in [0.4, 0.5) is 4.39 Å². The third-order valence-electron chi connectivity index (χ3n) is 6.60. The van der Waals surface area contributed by atoms with Crippen LogP contribution in [-0.4, -0.2) is 58.6 Å². The highest BCUT2D eigenvalue weighted by Crippen LogP contribution is 2.55. The number of aromatic nitrogens is 2. The Hall–Kier alpha value is -3.87. The van der Waals surface area contributed by atoms with Gasteiger partial charge < -0.3 is 18.9 Å². The number of alkyl halides is 1. The molecular weight excluding hydrogens is 571 g/mol. The lowest BCUT2D eigenvalue weighted by Gasteiger charge is -2.36. The third kappa shape index (κ3) is 5.30. The molecule has 4 atom stereocenters. The number of hydrogen-bond donors (Lipinski definition) is 0. The molecule has 1 aliphatic heterocycles. The van der Waals surface area contributed by atoms with Crippen LogP contribution >= 0.6 is 23.1 Å². The largest absolute Gasteiger partial charge is 0.459 e. The topological polar surface area (TPSA) is 114 Å². The molecule has 0 saturated carbocycles. The van der Waals surface area contributed by atoms with Gasteiger partial charge in [-0.25, -0.2) is 23.9 Å². The molecule has 0 bridgehead atoms. The van der Waals surface area contributed by atoms with E-state index in [1.54, 1.807) is 53.9 Å². The van der Waals surface area contributed by atoms with Crippen molar-refractivity contribution >= 4 is 51.9 Å². The number of ether oxygens (including phenoxy) is 4. The SMILES string of the molecule is CSc1ncnc2c([C@]3(OC(C)=O)O[C@H](COC(=O)c4ccccc4)[C@@H](OC(=O)c4ccccc4)[C@@]3(C)F)scc12. The van der Waals surface area contributed by atoms with Gasteiger partial charge >= 0.3 is 17.9 Å². The van der Waals surface area contributed by atoms with Crippen LogP contribution < -0.4 is 0 Å². The van der Waals surface area contributed by atoms with Gasteiger partial charge in [0.2, 0.25) is 5.67 Å². The lowest BCUT2D eigenvalue weighted by molar-refractivity contribution is -0.266. The summed E-state index contributed by atoms with van der Waals surface area (Å²) in [6.07, 6.45) is 0.144. The number of hydrogen-bond acceptors (Lipinski definition) is 11. The van der Waals surface area contributed by atoms with Gasteiger partial charge in [-0.2, -0.15) is 0 Å². The molecule has 0 amide bonds. The first-order chi connectivity index (χ1) is 19.7. The van der Waals surface area contributed by atoms with E-state index in [9.17, 15) is 14.4 Å². The van der Waals surface area contributed by atoms with Gasteiger partial charge in [-0.15, -0.1) is 23.1 Å². The Morgan fingerprint density at radius 1 is 1.02 bits per heavy atom. The summed E-state index contributed by atoms with van der Waals surface area (Å²) in [4.78, 5) is 47.1. The van der Waals surface area contributed by atoms with Crippen molar-refractivity contribution in [3.63, 3.8) is 0 Å². The van der Waals surface area contributed by atoms with Gasteiger partial charge in [0, 0.05) is 17.7 Å². The second-order valence-electron chi connectivity index (χ2n) is 9.31. The third-order valence-corrected chi connectivity index (χ3v) is 8.36. The van der Waals surface area contributed by atoms with Gasteiger partial charge in [-0.1, -0.05) is 36.4 Å². The number of rotatable bonds is 8. The minimum absolute atomic E-state index is 0.142. The van der Waals surface area contributed by atoms with E-state index < -0.39 is 48.2 Å². The molecule has 9 nitrogen and oxygen atoms in total. The molecule has 4 aromatic rings. The molecule has 2 aromatic carbocycles. The van der Waals surface area contributed by atoms with Crippen LogP contribution in [0.5, 0.6) is 0 Å². The van der Waals surface area contributed by atoms with Crippen LogP contribution in [0, 0.1) is 0 Å². The predicted octanol–water partition coefficient (Wildman–Crippen LogP) is 5.34. The summed E-state index contributed by atoms with van der Waals surface area (Å²) >= 11 is 2.44. The molecule has 12 heteroatoms. The van der Waals surface area contributed by atoms with Crippen LogP contribution in [0.15, 0.2) is 77.4 Å². The molecule has 3 heterocycles. The first kappa shape index (κ1) is 28.7. The Kier molecular flexibility index (Phi) is 8.07. The minimum Gasteiger partial charge on any atom is -0.459 e. The summed E-state index contributed by atoms with van der Waals surface area (Å²) in [5.74, 6) is -4.75. The number of esters is 3. The zero-order chi connectivity index (χ0) is 29.2. The van der Waals surface area contributed by atoms with E-state index in [1.165, 1.54) is 30.2 Å². The Balaban J connectivity index is 1.58. The zero-order valence-corrected chi connectivity index (χ0v) is 23.9. The zero-order valence-electron chi connectivity index (χ0n) is 22.2. The number of nitrogens with zero attached hydrogens (tertiary/aromatic N) is 2. The van der Waals surface area contributed by atoms with Gasteiger partial charge in [-0.05, 0) is 37.4 Å². The van der Waals surface area contributed by atoms with E-state index in [0.29, 0.717) is 15.9 Å². The normalized spacial score (nSPS) is 23.7. The van der Waals surface area contributed by atoms with Crippen LogP contribution in [-0.2, 0) is 29.5 Å². The van der Waals surface area contributed by atoms with Crippen molar-refractivity contribution in [2.24, 2.45) is 0 Å². The van der Waals surface area contributed by atoms with Crippen LogP contribution in [0.3, 0.4) is 0 Å². The van der Waals surface area contributed by atoms with Crippen LogP contribution in [0.2, 0.25) is 0 Å². The fraction of sp³-hybridized carbons (Fsp3) is 0.276. The molecule has 0 radical (unpaired) electrons.